The summed E-state index contributed by atoms with van der Waals surface area (Å²) in [6.45, 7) is 1.26. The number of hydrogen-bond donors (Lipinski definition) is 2. The lowest BCUT2D eigenvalue weighted by Crippen LogP contribution is -2.28. The van der Waals surface area contributed by atoms with Gasteiger partial charge in [0.15, 0.2) is 0 Å². The van der Waals surface area contributed by atoms with Crippen LogP contribution in [0.3, 0.4) is 0 Å². The van der Waals surface area contributed by atoms with Crippen LogP contribution in [0.1, 0.15) is 44.9 Å². The van der Waals surface area contributed by atoms with Crippen LogP contribution in [0.15, 0.2) is 0 Å². The van der Waals surface area contributed by atoms with Crippen molar-refractivity contribution in [3.63, 3.8) is 0 Å². The standard InChI is InChI=1S/C14H23NO4/c16-13(11-9-12(11)14(17)18)15-7-4-8-19-10-5-2-1-3-6-10/h10-12H,1-9H2,(H,15,16)(H,17,18)/t11-,12-/m0/s1. The molecular formula is C14H23NO4. The first-order valence-electron chi connectivity index (χ1n) is 7.30. The van der Waals surface area contributed by atoms with Crippen molar-refractivity contribution < 1.29 is 19.4 Å². The second kappa shape index (κ2) is 6.89. The molecule has 2 rings (SSSR count). The zero-order valence-corrected chi connectivity index (χ0v) is 11.3. The Balaban J connectivity index is 1.48. The zero-order valence-electron chi connectivity index (χ0n) is 11.3. The van der Waals surface area contributed by atoms with E-state index in [0.29, 0.717) is 25.7 Å². The Hall–Kier alpha value is -1.10. The molecule has 108 valence electrons. The minimum Gasteiger partial charge on any atom is -0.481 e. The van der Waals surface area contributed by atoms with Crippen LogP contribution in [0, 0.1) is 11.8 Å². The Labute approximate surface area is 113 Å². The van der Waals surface area contributed by atoms with E-state index in [4.69, 9.17) is 9.84 Å². The lowest BCUT2D eigenvalue weighted by Gasteiger charge is -2.21. The molecule has 0 saturated heterocycles. The number of hydrogen-bond acceptors (Lipinski definition) is 3. The average molecular weight is 269 g/mol. The van der Waals surface area contributed by atoms with E-state index in [0.717, 1.165) is 19.3 Å². The third-order valence-corrected chi connectivity index (χ3v) is 3.97. The van der Waals surface area contributed by atoms with Gasteiger partial charge in [0, 0.05) is 13.2 Å². The molecule has 2 saturated carbocycles. The van der Waals surface area contributed by atoms with Crippen molar-refractivity contribution in [1.82, 2.24) is 5.32 Å². The first-order valence-corrected chi connectivity index (χ1v) is 7.30. The van der Waals surface area contributed by atoms with E-state index in [2.05, 4.69) is 5.32 Å². The number of ether oxygens (including phenoxy) is 1. The number of nitrogens with one attached hydrogen (secondary N) is 1. The Morgan fingerprint density at radius 2 is 1.89 bits per heavy atom. The molecule has 2 atom stereocenters. The normalized spacial score (nSPS) is 26.9. The second-order valence-electron chi connectivity index (χ2n) is 5.56. The summed E-state index contributed by atoms with van der Waals surface area (Å²) in [7, 11) is 0. The van der Waals surface area contributed by atoms with Crippen LogP contribution in [0.5, 0.6) is 0 Å². The van der Waals surface area contributed by atoms with Crippen LogP contribution in [-0.2, 0) is 14.3 Å². The second-order valence-corrected chi connectivity index (χ2v) is 5.56. The number of rotatable bonds is 7. The summed E-state index contributed by atoms with van der Waals surface area (Å²) in [4.78, 5) is 22.2. The van der Waals surface area contributed by atoms with Gasteiger partial charge in [-0.15, -0.1) is 0 Å². The first-order chi connectivity index (χ1) is 9.18. The molecule has 1 amide bonds. The maximum absolute atomic E-state index is 11.6. The monoisotopic (exact) mass is 269 g/mol. The van der Waals surface area contributed by atoms with Gasteiger partial charge in [0.1, 0.15) is 0 Å². The van der Waals surface area contributed by atoms with Gasteiger partial charge in [0.25, 0.3) is 0 Å². The zero-order chi connectivity index (χ0) is 13.7. The summed E-state index contributed by atoms with van der Waals surface area (Å²) < 4.78 is 5.75. The summed E-state index contributed by atoms with van der Waals surface area (Å²) >= 11 is 0. The van der Waals surface area contributed by atoms with Crippen LogP contribution < -0.4 is 5.32 Å². The number of aliphatic carboxylic acids is 1. The molecule has 0 aromatic carbocycles. The Morgan fingerprint density at radius 1 is 1.16 bits per heavy atom. The molecule has 0 aliphatic heterocycles. The van der Waals surface area contributed by atoms with Crippen molar-refractivity contribution in [3.05, 3.63) is 0 Å². The number of carboxylic acids is 1. The van der Waals surface area contributed by atoms with Crippen molar-refractivity contribution in [1.29, 1.82) is 0 Å². The van der Waals surface area contributed by atoms with Gasteiger partial charge in [-0.2, -0.15) is 0 Å². The van der Waals surface area contributed by atoms with Crippen LogP contribution in [0.4, 0.5) is 0 Å². The van der Waals surface area contributed by atoms with E-state index in [1.165, 1.54) is 19.3 Å². The molecule has 0 spiro atoms. The van der Waals surface area contributed by atoms with E-state index in [1.54, 1.807) is 0 Å². The molecule has 0 unspecified atom stereocenters. The molecule has 19 heavy (non-hydrogen) atoms. The molecule has 5 nitrogen and oxygen atoms in total. The van der Waals surface area contributed by atoms with Crippen molar-refractivity contribution in [2.75, 3.05) is 13.2 Å². The van der Waals surface area contributed by atoms with Crippen LogP contribution in [0.2, 0.25) is 0 Å². The fourth-order valence-corrected chi connectivity index (χ4v) is 2.65. The minimum atomic E-state index is -0.860. The maximum Gasteiger partial charge on any atom is 0.307 e. The predicted octanol–water partition coefficient (Wildman–Crippen LogP) is 1.56. The minimum absolute atomic E-state index is 0.120. The number of carbonyl (C=O) groups is 2. The molecule has 2 N–H and O–H groups in total. The summed E-state index contributed by atoms with van der Waals surface area (Å²) in [6.07, 6.45) is 7.86. The van der Waals surface area contributed by atoms with Gasteiger partial charge >= 0.3 is 5.97 Å². The highest BCUT2D eigenvalue weighted by Crippen LogP contribution is 2.38. The van der Waals surface area contributed by atoms with Gasteiger partial charge in [-0.25, -0.2) is 0 Å². The van der Waals surface area contributed by atoms with Gasteiger partial charge in [-0.05, 0) is 25.7 Å². The molecule has 2 aliphatic carbocycles. The Morgan fingerprint density at radius 3 is 2.53 bits per heavy atom. The van der Waals surface area contributed by atoms with Gasteiger partial charge in [-0.3, -0.25) is 9.59 Å². The molecular weight excluding hydrogens is 246 g/mol. The van der Waals surface area contributed by atoms with E-state index >= 15 is 0 Å². The van der Waals surface area contributed by atoms with Gasteiger partial charge in [0.2, 0.25) is 5.91 Å². The quantitative estimate of drug-likeness (QED) is 0.688. The van der Waals surface area contributed by atoms with E-state index in [1.807, 2.05) is 0 Å². The lowest BCUT2D eigenvalue weighted by atomic mass is 9.98. The van der Waals surface area contributed by atoms with Crippen molar-refractivity contribution in [3.8, 4) is 0 Å². The topological polar surface area (TPSA) is 75.6 Å². The van der Waals surface area contributed by atoms with Crippen molar-refractivity contribution in [2.45, 2.75) is 51.0 Å². The van der Waals surface area contributed by atoms with Crippen LogP contribution >= 0.6 is 0 Å². The molecule has 0 radical (unpaired) electrons. The first kappa shape index (κ1) is 14.3. The van der Waals surface area contributed by atoms with Crippen LogP contribution in [0.25, 0.3) is 0 Å². The fraction of sp³-hybridized carbons (Fsp3) is 0.857. The molecule has 0 aromatic rings. The number of carboxylic acid groups (broad SMARTS) is 1. The van der Waals surface area contributed by atoms with Gasteiger partial charge in [-0.1, -0.05) is 19.3 Å². The lowest BCUT2D eigenvalue weighted by molar-refractivity contribution is -0.140. The largest absolute Gasteiger partial charge is 0.481 e. The third-order valence-electron chi connectivity index (χ3n) is 3.97. The summed E-state index contributed by atoms with van der Waals surface area (Å²) in [5.41, 5.74) is 0. The highest BCUT2D eigenvalue weighted by molar-refractivity contribution is 5.89. The molecule has 0 heterocycles. The highest BCUT2D eigenvalue weighted by Gasteiger charge is 2.48. The van der Waals surface area contributed by atoms with Gasteiger partial charge < -0.3 is 15.2 Å². The van der Waals surface area contributed by atoms with Crippen molar-refractivity contribution in [2.24, 2.45) is 11.8 Å². The smallest absolute Gasteiger partial charge is 0.307 e. The van der Waals surface area contributed by atoms with E-state index in [9.17, 15) is 9.59 Å². The third kappa shape index (κ3) is 4.49. The highest BCUT2D eigenvalue weighted by atomic mass is 16.5. The fourth-order valence-electron chi connectivity index (χ4n) is 2.65. The summed E-state index contributed by atoms with van der Waals surface area (Å²) in [5.74, 6) is -1.75. The molecule has 2 aliphatic rings. The predicted molar refractivity (Wildman–Crippen MR) is 69.7 cm³/mol. The van der Waals surface area contributed by atoms with Gasteiger partial charge in [0.05, 0.1) is 17.9 Å². The molecule has 0 bridgehead atoms. The van der Waals surface area contributed by atoms with Crippen molar-refractivity contribution >= 4 is 11.9 Å². The molecule has 5 heteroatoms. The van der Waals surface area contributed by atoms with E-state index in [-0.39, 0.29) is 11.8 Å². The SMILES string of the molecule is O=C(O)[C@H]1C[C@@H]1C(=O)NCCCOC1CCCCC1. The summed E-state index contributed by atoms with van der Waals surface area (Å²) in [5, 5.41) is 11.5. The molecule has 0 aromatic heterocycles. The van der Waals surface area contributed by atoms with E-state index < -0.39 is 11.9 Å². The number of amides is 1. The Bertz CT molecular complexity index is 325. The average Bonchev–Trinajstić information content (AvgIpc) is 3.20. The summed E-state index contributed by atoms with van der Waals surface area (Å²) in [6, 6.07) is 0. The molecule has 2 fully saturated rings. The number of carbonyl (C=O) groups excluding carboxylic acids is 1. The Kier molecular flexibility index (Phi) is 5.19. The maximum atomic E-state index is 11.6. The van der Waals surface area contributed by atoms with Crippen LogP contribution in [-0.4, -0.2) is 36.2 Å².